The Morgan fingerprint density at radius 3 is 2.35 bits per heavy atom. The maximum Gasteiger partial charge on any atom is 0.291 e. The van der Waals surface area contributed by atoms with E-state index in [0.717, 1.165) is 12.1 Å². The van der Waals surface area contributed by atoms with Crippen LogP contribution < -0.4 is 10.6 Å². The molecular formula is C18H28N4O. The van der Waals surface area contributed by atoms with Crippen LogP contribution in [-0.4, -0.2) is 22.9 Å². The highest BCUT2D eigenvalue weighted by Crippen LogP contribution is 2.08. The molecular weight excluding hydrogens is 288 g/mol. The first-order valence-corrected chi connectivity index (χ1v) is 7.91. The fourth-order valence-corrected chi connectivity index (χ4v) is 1.51. The number of nitrogens with zero attached hydrogens (tertiary/aromatic N) is 1. The van der Waals surface area contributed by atoms with E-state index in [2.05, 4.69) is 39.7 Å². The summed E-state index contributed by atoms with van der Waals surface area (Å²) in [7, 11) is 1.76. The third-order valence-electron chi connectivity index (χ3n) is 2.56. The number of nitrogens with one attached hydrogen (secondary N) is 3. The van der Waals surface area contributed by atoms with Crippen LogP contribution in [0.4, 0.5) is 11.5 Å². The lowest BCUT2D eigenvalue weighted by molar-refractivity contribution is 0.101. The highest BCUT2D eigenvalue weighted by Gasteiger charge is 2.09. The zero-order chi connectivity index (χ0) is 17.5. The quantitative estimate of drug-likeness (QED) is 0.716. The van der Waals surface area contributed by atoms with Gasteiger partial charge in [0.05, 0.1) is 6.20 Å². The minimum atomic E-state index is -0.257. The smallest absolute Gasteiger partial charge is 0.291 e. The van der Waals surface area contributed by atoms with Gasteiger partial charge in [0.1, 0.15) is 5.82 Å². The summed E-state index contributed by atoms with van der Waals surface area (Å²) in [6.07, 6.45) is 6.91. The molecule has 0 atom stereocenters. The number of amides is 1. The van der Waals surface area contributed by atoms with E-state index in [1.54, 1.807) is 13.2 Å². The number of imidazole rings is 1. The van der Waals surface area contributed by atoms with Gasteiger partial charge >= 0.3 is 0 Å². The van der Waals surface area contributed by atoms with E-state index >= 15 is 0 Å². The number of aromatic nitrogens is 2. The minimum absolute atomic E-state index is 0.257. The maximum absolute atomic E-state index is 11.7. The number of hydrogen-bond acceptors (Lipinski definition) is 3. The van der Waals surface area contributed by atoms with Crippen LogP contribution in [-0.2, 0) is 0 Å². The molecule has 0 spiro atoms. The van der Waals surface area contributed by atoms with E-state index in [0.29, 0.717) is 5.82 Å². The van der Waals surface area contributed by atoms with Crippen molar-refractivity contribution in [3.05, 3.63) is 54.5 Å². The van der Waals surface area contributed by atoms with Gasteiger partial charge in [-0.15, -0.1) is 0 Å². The van der Waals surface area contributed by atoms with Gasteiger partial charge in [-0.2, -0.15) is 0 Å². The molecule has 0 aliphatic heterocycles. The molecule has 0 aliphatic rings. The van der Waals surface area contributed by atoms with Crippen LogP contribution in [0, 0.1) is 0 Å². The molecule has 1 aromatic heterocycles. The third-order valence-corrected chi connectivity index (χ3v) is 2.56. The van der Waals surface area contributed by atoms with Crippen LogP contribution in [0.3, 0.4) is 0 Å². The summed E-state index contributed by atoms with van der Waals surface area (Å²) in [4.78, 5) is 18.5. The van der Waals surface area contributed by atoms with Gasteiger partial charge in [-0.25, -0.2) is 4.98 Å². The van der Waals surface area contributed by atoms with Gasteiger partial charge in [0.15, 0.2) is 5.82 Å². The second-order valence-electron chi connectivity index (χ2n) is 4.19. The second kappa shape index (κ2) is 13.1. The molecule has 0 bridgehead atoms. The molecule has 2 aromatic rings. The molecule has 5 heteroatoms. The second-order valence-corrected chi connectivity index (χ2v) is 4.19. The average molecular weight is 316 g/mol. The van der Waals surface area contributed by atoms with Crippen LogP contribution in [0.5, 0.6) is 0 Å². The van der Waals surface area contributed by atoms with Crippen LogP contribution in [0.25, 0.3) is 0 Å². The lowest BCUT2D eigenvalue weighted by Gasteiger charge is -2.01. The number of benzene rings is 1. The van der Waals surface area contributed by atoms with E-state index in [9.17, 15) is 4.79 Å². The topological polar surface area (TPSA) is 69.8 Å². The Labute approximate surface area is 139 Å². The number of allylic oxidation sites excluding steroid dienone is 2. The molecule has 5 nitrogen and oxygen atoms in total. The SMILES string of the molecule is C/C=C\CC.CC.CNc1cnc(C(=O)Nc2ccccc2)[nH]1. The monoisotopic (exact) mass is 316 g/mol. The Morgan fingerprint density at radius 1 is 1.26 bits per heavy atom. The van der Waals surface area contributed by atoms with Crippen LogP contribution >= 0.6 is 0 Å². The summed E-state index contributed by atoms with van der Waals surface area (Å²) >= 11 is 0. The van der Waals surface area contributed by atoms with Crippen molar-refractivity contribution < 1.29 is 4.79 Å². The number of H-pyrrole nitrogens is 1. The van der Waals surface area contributed by atoms with Crippen molar-refractivity contribution in [3.63, 3.8) is 0 Å². The van der Waals surface area contributed by atoms with E-state index in [1.165, 1.54) is 0 Å². The molecule has 1 aromatic carbocycles. The molecule has 1 heterocycles. The largest absolute Gasteiger partial charge is 0.373 e. The van der Waals surface area contributed by atoms with Gasteiger partial charge in [-0.3, -0.25) is 4.79 Å². The number of carbonyl (C=O) groups excluding carboxylic acids is 1. The number of aromatic amines is 1. The van der Waals surface area contributed by atoms with Crippen LogP contribution in [0.15, 0.2) is 48.7 Å². The number of para-hydroxylation sites is 1. The predicted octanol–water partition coefficient (Wildman–Crippen LogP) is 4.70. The number of rotatable bonds is 4. The standard InChI is InChI=1S/C11H12N4O.C5H10.C2H6/c1-12-9-7-13-10(15-9)11(16)14-8-5-3-2-4-6-8;1-3-5-4-2;1-2/h2-7,12H,1H3,(H,13,15)(H,14,16);3,5H,4H2,1-2H3;1-2H3/b;5-3-;. The fourth-order valence-electron chi connectivity index (χ4n) is 1.51. The predicted molar refractivity (Wildman–Crippen MR) is 99.0 cm³/mol. The lowest BCUT2D eigenvalue weighted by Crippen LogP contribution is -2.13. The third kappa shape index (κ3) is 8.46. The first-order chi connectivity index (χ1) is 11.2. The molecule has 3 N–H and O–H groups in total. The average Bonchev–Trinajstić information content (AvgIpc) is 3.08. The van der Waals surface area contributed by atoms with Gasteiger partial charge in [-0.05, 0) is 25.5 Å². The Kier molecular flexibility index (Phi) is 11.7. The normalized spacial score (nSPS) is 9.26. The van der Waals surface area contributed by atoms with Crippen molar-refractivity contribution in [2.45, 2.75) is 34.1 Å². The summed E-state index contributed by atoms with van der Waals surface area (Å²) < 4.78 is 0. The molecule has 126 valence electrons. The molecule has 0 radical (unpaired) electrons. The zero-order valence-electron chi connectivity index (χ0n) is 14.7. The Hall–Kier alpha value is -2.56. The summed E-state index contributed by atoms with van der Waals surface area (Å²) in [6, 6.07) is 9.24. The van der Waals surface area contributed by atoms with E-state index in [4.69, 9.17) is 0 Å². The lowest BCUT2D eigenvalue weighted by atomic mass is 10.3. The van der Waals surface area contributed by atoms with Crippen molar-refractivity contribution >= 4 is 17.4 Å². The number of anilines is 2. The summed E-state index contributed by atoms with van der Waals surface area (Å²) in [6.45, 7) is 8.16. The molecule has 0 unspecified atom stereocenters. The van der Waals surface area contributed by atoms with Crippen molar-refractivity contribution in [1.29, 1.82) is 0 Å². The van der Waals surface area contributed by atoms with Crippen LogP contribution in [0.1, 0.15) is 44.7 Å². The van der Waals surface area contributed by atoms with E-state index in [1.807, 2.05) is 51.1 Å². The van der Waals surface area contributed by atoms with Gasteiger partial charge in [-0.1, -0.05) is 51.1 Å². The molecule has 0 fully saturated rings. The summed E-state index contributed by atoms with van der Waals surface area (Å²) in [5.41, 5.74) is 0.745. The summed E-state index contributed by atoms with van der Waals surface area (Å²) in [5, 5.41) is 5.60. The number of hydrogen-bond donors (Lipinski definition) is 3. The highest BCUT2D eigenvalue weighted by molar-refractivity contribution is 6.01. The maximum atomic E-state index is 11.7. The molecule has 0 saturated heterocycles. The van der Waals surface area contributed by atoms with Gasteiger partial charge in [0.25, 0.3) is 5.91 Å². The molecule has 2 rings (SSSR count). The van der Waals surface area contributed by atoms with E-state index in [-0.39, 0.29) is 11.7 Å². The zero-order valence-corrected chi connectivity index (χ0v) is 14.7. The molecule has 1 amide bonds. The van der Waals surface area contributed by atoms with E-state index < -0.39 is 0 Å². The fraction of sp³-hybridized carbons (Fsp3) is 0.333. The van der Waals surface area contributed by atoms with Crippen molar-refractivity contribution in [3.8, 4) is 0 Å². The van der Waals surface area contributed by atoms with Gasteiger partial charge in [0, 0.05) is 12.7 Å². The minimum Gasteiger partial charge on any atom is -0.373 e. The Morgan fingerprint density at radius 2 is 1.91 bits per heavy atom. The Bertz CT molecular complexity index is 561. The van der Waals surface area contributed by atoms with Crippen molar-refractivity contribution in [2.24, 2.45) is 0 Å². The highest BCUT2D eigenvalue weighted by atomic mass is 16.2. The first-order valence-electron chi connectivity index (χ1n) is 7.91. The van der Waals surface area contributed by atoms with Gasteiger partial charge < -0.3 is 15.6 Å². The molecule has 0 saturated carbocycles. The molecule has 23 heavy (non-hydrogen) atoms. The van der Waals surface area contributed by atoms with Gasteiger partial charge in [0.2, 0.25) is 0 Å². The molecule has 0 aliphatic carbocycles. The first kappa shape index (κ1) is 20.4. The van der Waals surface area contributed by atoms with Crippen molar-refractivity contribution in [1.82, 2.24) is 9.97 Å². The van der Waals surface area contributed by atoms with Crippen molar-refractivity contribution in [2.75, 3.05) is 17.7 Å². The van der Waals surface area contributed by atoms with Crippen LogP contribution in [0.2, 0.25) is 0 Å². The summed E-state index contributed by atoms with van der Waals surface area (Å²) in [5.74, 6) is 0.735. The number of carbonyl (C=O) groups is 1. The Balaban J connectivity index is 0.000000594.